The summed E-state index contributed by atoms with van der Waals surface area (Å²) >= 11 is 5.76. The second kappa shape index (κ2) is 4.26. The first-order valence-corrected chi connectivity index (χ1v) is 4.03. The Morgan fingerprint density at radius 1 is 1.55 bits per heavy atom. The van der Waals surface area contributed by atoms with Crippen LogP contribution in [0.15, 0.2) is 0 Å². The average molecular weight is 181 g/mol. The normalized spacial score (nSPS) is 37.9. The summed E-state index contributed by atoms with van der Waals surface area (Å²) in [5.41, 5.74) is -0.222. The molecule has 0 saturated carbocycles. The summed E-state index contributed by atoms with van der Waals surface area (Å²) in [5, 5.41) is 0. The molecule has 0 amide bonds. The monoisotopic (exact) mass is 180 g/mol. The van der Waals surface area contributed by atoms with Gasteiger partial charge in [-0.25, -0.2) is 0 Å². The molecule has 0 aromatic rings. The first kappa shape index (κ1) is 9.26. The van der Waals surface area contributed by atoms with Gasteiger partial charge < -0.3 is 14.2 Å². The fraction of sp³-hybridized carbons (Fsp3) is 1.00. The third-order valence-corrected chi connectivity index (χ3v) is 2.07. The molecule has 4 heteroatoms. The largest absolute Gasteiger partial charge is 0.382 e. The van der Waals surface area contributed by atoms with Crippen molar-refractivity contribution in [3.63, 3.8) is 0 Å². The number of hydrogen-bond donors (Lipinski definition) is 0. The van der Waals surface area contributed by atoms with Crippen LogP contribution in [0.4, 0.5) is 0 Å². The van der Waals surface area contributed by atoms with Crippen LogP contribution in [-0.2, 0) is 14.2 Å². The van der Waals surface area contributed by atoms with Crippen molar-refractivity contribution in [2.45, 2.75) is 24.2 Å². The molecule has 0 N–H and O–H groups in total. The molecule has 1 saturated heterocycles. The lowest BCUT2D eigenvalue weighted by molar-refractivity contribution is -0.0314. The maximum atomic E-state index is 5.76. The lowest BCUT2D eigenvalue weighted by atomic mass is 10.2. The number of halogens is 1. The van der Waals surface area contributed by atoms with Gasteiger partial charge in [0.25, 0.3) is 0 Å². The van der Waals surface area contributed by atoms with Crippen molar-refractivity contribution in [3.8, 4) is 0 Å². The molecule has 66 valence electrons. The van der Waals surface area contributed by atoms with E-state index in [1.54, 1.807) is 14.2 Å². The summed E-state index contributed by atoms with van der Waals surface area (Å²) in [6.45, 7) is 0.543. The maximum absolute atomic E-state index is 5.76. The number of hydrogen-bond acceptors (Lipinski definition) is 3. The zero-order valence-electron chi connectivity index (χ0n) is 6.75. The smallest absolute Gasteiger partial charge is 0.134 e. The molecule has 0 aromatic carbocycles. The van der Waals surface area contributed by atoms with Crippen molar-refractivity contribution >= 4 is 11.6 Å². The molecule has 1 aliphatic heterocycles. The molecular weight excluding hydrogens is 168 g/mol. The molecule has 0 bridgehead atoms. The van der Waals surface area contributed by atoms with Crippen molar-refractivity contribution < 1.29 is 14.2 Å². The minimum Gasteiger partial charge on any atom is -0.382 e. The average Bonchev–Trinajstić information content (AvgIpc) is 2.32. The number of ether oxygens (including phenoxy) is 3. The van der Waals surface area contributed by atoms with Crippen LogP contribution in [0.5, 0.6) is 0 Å². The van der Waals surface area contributed by atoms with E-state index in [-0.39, 0.29) is 17.8 Å². The Hall–Kier alpha value is 0.170. The molecule has 0 aliphatic carbocycles. The Morgan fingerprint density at radius 2 is 2.27 bits per heavy atom. The lowest BCUT2D eigenvalue weighted by Gasteiger charge is -2.14. The lowest BCUT2D eigenvalue weighted by Crippen LogP contribution is -2.27. The first-order chi connectivity index (χ1) is 5.27. The second-order valence-corrected chi connectivity index (χ2v) is 3.04. The Labute approximate surface area is 71.6 Å². The highest BCUT2D eigenvalue weighted by Crippen LogP contribution is 2.25. The summed E-state index contributed by atoms with van der Waals surface area (Å²) < 4.78 is 15.4. The van der Waals surface area contributed by atoms with Gasteiger partial charge in [-0.3, -0.25) is 0 Å². The van der Waals surface area contributed by atoms with E-state index in [4.69, 9.17) is 25.8 Å². The predicted molar refractivity (Wildman–Crippen MR) is 41.8 cm³/mol. The number of alkyl halides is 1. The van der Waals surface area contributed by atoms with Gasteiger partial charge in [0.1, 0.15) is 11.7 Å². The molecule has 0 radical (unpaired) electrons. The third-order valence-electron chi connectivity index (χ3n) is 1.79. The van der Waals surface area contributed by atoms with Crippen molar-refractivity contribution in [1.29, 1.82) is 0 Å². The van der Waals surface area contributed by atoms with Gasteiger partial charge in [0.15, 0.2) is 0 Å². The molecule has 3 atom stereocenters. The molecule has 11 heavy (non-hydrogen) atoms. The van der Waals surface area contributed by atoms with Crippen molar-refractivity contribution in [3.05, 3.63) is 0 Å². The van der Waals surface area contributed by atoms with E-state index in [1.807, 2.05) is 0 Å². The fourth-order valence-corrected chi connectivity index (χ4v) is 1.53. The first-order valence-electron chi connectivity index (χ1n) is 3.59. The zero-order chi connectivity index (χ0) is 8.27. The Morgan fingerprint density at radius 3 is 2.82 bits per heavy atom. The van der Waals surface area contributed by atoms with E-state index >= 15 is 0 Å². The standard InChI is InChI=1S/C7H13ClO3/c1-9-4-6-5(10-2)3-7(8)11-6/h5-7H,3-4H2,1-2H3. The van der Waals surface area contributed by atoms with Crippen LogP contribution < -0.4 is 0 Å². The fourth-order valence-electron chi connectivity index (χ4n) is 1.23. The van der Waals surface area contributed by atoms with Crippen molar-refractivity contribution in [2.75, 3.05) is 20.8 Å². The molecular formula is C7H13ClO3. The van der Waals surface area contributed by atoms with E-state index in [1.165, 1.54) is 0 Å². The minimum atomic E-state index is -0.222. The van der Waals surface area contributed by atoms with E-state index in [9.17, 15) is 0 Å². The molecule has 3 unspecified atom stereocenters. The summed E-state index contributed by atoms with van der Waals surface area (Å²) in [5.74, 6) is 0. The quantitative estimate of drug-likeness (QED) is 0.607. The predicted octanol–water partition coefficient (Wildman–Crippen LogP) is 1.00. The van der Waals surface area contributed by atoms with E-state index in [2.05, 4.69) is 0 Å². The third kappa shape index (κ3) is 2.30. The van der Waals surface area contributed by atoms with E-state index in [0.717, 1.165) is 6.42 Å². The molecule has 3 nitrogen and oxygen atoms in total. The van der Waals surface area contributed by atoms with Crippen LogP contribution in [0.2, 0.25) is 0 Å². The van der Waals surface area contributed by atoms with Crippen LogP contribution in [-0.4, -0.2) is 38.6 Å². The zero-order valence-corrected chi connectivity index (χ0v) is 7.50. The maximum Gasteiger partial charge on any atom is 0.134 e. The second-order valence-electron chi connectivity index (χ2n) is 2.55. The van der Waals surface area contributed by atoms with Gasteiger partial charge in [0.2, 0.25) is 0 Å². The molecule has 1 fully saturated rings. The summed E-state index contributed by atoms with van der Waals surface area (Å²) in [7, 11) is 3.29. The highest BCUT2D eigenvalue weighted by atomic mass is 35.5. The Balaban J connectivity index is 2.37. The molecule has 0 aromatic heterocycles. The topological polar surface area (TPSA) is 27.7 Å². The highest BCUT2D eigenvalue weighted by Gasteiger charge is 2.33. The Kier molecular flexibility index (Phi) is 3.59. The molecule has 0 spiro atoms. The van der Waals surface area contributed by atoms with E-state index < -0.39 is 0 Å². The molecule has 1 rings (SSSR count). The number of rotatable bonds is 3. The summed E-state index contributed by atoms with van der Waals surface area (Å²) in [6.07, 6.45) is 0.816. The van der Waals surface area contributed by atoms with Gasteiger partial charge in [-0.15, -0.1) is 0 Å². The highest BCUT2D eigenvalue weighted by molar-refractivity contribution is 6.19. The summed E-state index contributed by atoms with van der Waals surface area (Å²) in [4.78, 5) is 0. The van der Waals surface area contributed by atoms with Crippen LogP contribution in [0, 0.1) is 0 Å². The van der Waals surface area contributed by atoms with Crippen molar-refractivity contribution in [2.24, 2.45) is 0 Å². The van der Waals surface area contributed by atoms with Crippen LogP contribution in [0.25, 0.3) is 0 Å². The summed E-state index contributed by atoms with van der Waals surface area (Å²) in [6, 6.07) is 0. The van der Waals surface area contributed by atoms with Gasteiger partial charge in [-0.2, -0.15) is 0 Å². The van der Waals surface area contributed by atoms with Gasteiger partial charge in [0, 0.05) is 20.6 Å². The SMILES string of the molecule is COCC1OC(Cl)CC1OC. The van der Waals surface area contributed by atoms with Crippen LogP contribution in [0.3, 0.4) is 0 Å². The van der Waals surface area contributed by atoms with Gasteiger partial charge in [-0.1, -0.05) is 11.6 Å². The minimum absolute atomic E-state index is 0.00694. The Bertz CT molecular complexity index is 120. The van der Waals surface area contributed by atoms with E-state index in [0.29, 0.717) is 6.61 Å². The van der Waals surface area contributed by atoms with Gasteiger partial charge in [0.05, 0.1) is 12.7 Å². The molecule has 1 aliphatic rings. The number of methoxy groups -OCH3 is 2. The van der Waals surface area contributed by atoms with Crippen LogP contribution in [0.1, 0.15) is 6.42 Å². The van der Waals surface area contributed by atoms with Gasteiger partial charge in [-0.05, 0) is 0 Å². The molecule has 1 heterocycles. The van der Waals surface area contributed by atoms with Gasteiger partial charge >= 0.3 is 0 Å². The van der Waals surface area contributed by atoms with Crippen molar-refractivity contribution in [1.82, 2.24) is 0 Å². The van der Waals surface area contributed by atoms with Crippen LogP contribution >= 0.6 is 11.6 Å².